The molecule has 0 spiro atoms. The van der Waals surface area contributed by atoms with E-state index in [0.29, 0.717) is 6.42 Å². The van der Waals surface area contributed by atoms with Gasteiger partial charge in [0.05, 0.1) is 0 Å². The molecule has 3 heteroatoms. The number of nitrogens with one attached hydrogen (secondary N) is 1. The lowest BCUT2D eigenvalue weighted by Crippen LogP contribution is -2.01. The number of pyridine rings is 1. The molecular formula is C13H15NO2. The first kappa shape index (κ1) is 12.2. The maximum absolute atomic E-state index is 10.5. The Kier molecular flexibility index (Phi) is 4.45. The van der Waals surface area contributed by atoms with Gasteiger partial charge in [-0.15, -0.1) is 0 Å². The molecule has 0 atom stereocenters. The van der Waals surface area contributed by atoms with Crippen LogP contribution in [0.1, 0.15) is 18.9 Å². The highest BCUT2D eigenvalue weighted by atomic mass is 16.1. The van der Waals surface area contributed by atoms with Gasteiger partial charge in [0, 0.05) is 18.7 Å². The van der Waals surface area contributed by atoms with Gasteiger partial charge in [0.1, 0.15) is 0 Å². The van der Waals surface area contributed by atoms with Crippen LogP contribution in [0.4, 0.5) is 0 Å². The maximum atomic E-state index is 10.5. The number of hydrogen-bond acceptors (Lipinski definition) is 2. The van der Waals surface area contributed by atoms with Crippen molar-refractivity contribution >= 4 is 5.78 Å². The summed E-state index contributed by atoms with van der Waals surface area (Å²) in [6, 6.07) is 3.40. The molecule has 0 aliphatic heterocycles. The van der Waals surface area contributed by atoms with Crippen molar-refractivity contribution in [3.05, 3.63) is 58.0 Å². The average molecular weight is 217 g/mol. The molecule has 0 bridgehead atoms. The molecule has 0 aromatic carbocycles. The fourth-order valence-electron chi connectivity index (χ4n) is 1.27. The van der Waals surface area contributed by atoms with Crippen LogP contribution in [0, 0.1) is 6.92 Å². The lowest BCUT2D eigenvalue weighted by molar-refractivity contribution is -0.113. The van der Waals surface area contributed by atoms with Crippen molar-refractivity contribution in [1.82, 2.24) is 4.98 Å². The van der Waals surface area contributed by atoms with Gasteiger partial charge in [-0.2, -0.15) is 0 Å². The van der Waals surface area contributed by atoms with Crippen LogP contribution in [0.25, 0.3) is 0 Å². The summed E-state index contributed by atoms with van der Waals surface area (Å²) < 4.78 is 0. The van der Waals surface area contributed by atoms with Crippen molar-refractivity contribution < 1.29 is 4.79 Å². The Morgan fingerprint density at radius 1 is 1.25 bits per heavy atom. The molecule has 0 fully saturated rings. The SMILES string of the molecule is CC1=CC(=O)CC=C1.Cc1cc[nH]c(=O)c1. The van der Waals surface area contributed by atoms with E-state index in [2.05, 4.69) is 4.98 Å². The van der Waals surface area contributed by atoms with E-state index < -0.39 is 0 Å². The minimum atomic E-state index is -0.0370. The van der Waals surface area contributed by atoms with Gasteiger partial charge in [-0.3, -0.25) is 9.59 Å². The second-order valence-corrected chi connectivity index (χ2v) is 3.69. The molecule has 2 rings (SSSR count). The molecule has 0 amide bonds. The van der Waals surface area contributed by atoms with Crippen molar-refractivity contribution in [1.29, 1.82) is 0 Å². The summed E-state index contributed by atoms with van der Waals surface area (Å²) in [7, 11) is 0. The summed E-state index contributed by atoms with van der Waals surface area (Å²) in [5, 5.41) is 0. The second-order valence-electron chi connectivity index (χ2n) is 3.69. The van der Waals surface area contributed by atoms with Gasteiger partial charge >= 0.3 is 0 Å². The van der Waals surface area contributed by atoms with Crippen LogP contribution in [0.3, 0.4) is 0 Å². The number of carbonyl (C=O) groups is 1. The van der Waals surface area contributed by atoms with Gasteiger partial charge in [0.15, 0.2) is 5.78 Å². The van der Waals surface area contributed by atoms with Crippen molar-refractivity contribution in [2.75, 3.05) is 0 Å². The monoisotopic (exact) mass is 217 g/mol. The Morgan fingerprint density at radius 2 is 2.00 bits per heavy atom. The molecule has 3 nitrogen and oxygen atoms in total. The molecule has 1 aliphatic carbocycles. The second kappa shape index (κ2) is 5.85. The third-order valence-electron chi connectivity index (χ3n) is 2.02. The van der Waals surface area contributed by atoms with E-state index in [9.17, 15) is 9.59 Å². The van der Waals surface area contributed by atoms with E-state index in [1.165, 1.54) is 0 Å². The molecule has 0 saturated heterocycles. The molecule has 84 valence electrons. The third kappa shape index (κ3) is 4.55. The van der Waals surface area contributed by atoms with Gasteiger partial charge in [-0.1, -0.05) is 12.2 Å². The van der Waals surface area contributed by atoms with E-state index in [-0.39, 0.29) is 11.3 Å². The molecule has 1 aromatic rings. The zero-order chi connectivity index (χ0) is 12.0. The quantitative estimate of drug-likeness (QED) is 0.723. The lowest BCUT2D eigenvalue weighted by Gasteiger charge is -1.96. The largest absolute Gasteiger partial charge is 0.329 e. The summed E-state index contributed by atoms with van der Waals surface area (Å²) in [5.74, 6) is 0.213. The van der Waals surface area contributed by atoms with E-state index in [1.54, 1.807) is 18.3 Å². The first-order valence-electron chi connectivity index (χ1n) is 5.11. The highest BCUT2D eigenvalue weighted by molar-refractivity contribution is 5.92. The number of aromatic nitrogens is 1. The van der Waals surface area contributed by atoms with Crippen molar-refractivity contribution in [2.24, 2.45) is 0 Å². The van der Waals surface area contributed by atoms with Crippen molar-refractivity contribution in [2.45, 2.75) is 20.3 Å². The predicted octanol–water partition coefficient (Wildman–Crippen LogP) is 2.15. The third-order valence-corrected chi connectivity index (χ3v) is 2.02. The van der Waals surface area contributed by atoms with Crippen molar-refractivity contribution in [3.8, 4) is 0 Å². The minimum absolute atomic E-state index is 0.0370. The number of H-pyrrole nitrogens is 1. The standard InChI is InChI=1S/C7H8O.C6H7NO/c1-6-3-2-4-7(8)5-6;1-5-2-3-7-6(8)4-5/h2-3,5H,4H2,1H3;2-4H,1H3,(H,7,8). The lowest BCUT2D eigenvalue weighted by atomic mass is 10.1. The van der Waals surface area contributed by atoms with E-state index in [0.717, 1.165) is 11.1 Å². The van der Waals surface area contributed by atoms with Crippen LogP contribution < -0.4 is 5.56 Å². The van der Waals surface area contributed by atoms with Crippen LogP contribution in [0.15, 0.2) is 46.9 Å². The van der Waals surface area contributed by atoms with Crippen LogP contribution >= 0.6 is 0 Å². The first-order valence-corrected chi connectivity index (χ1v) is 5.11. The fourth-order valence-corrected chi connectivity index (χ4v) is 1.27. The summed E-state index contributed by atoms with van der Waals surface area (Å²) in [6.07, 6.45) is 7.73. The number of allylic oxidation sites excluding steroid dienone is 4. The van der Waals surface area contributed by atoms with E-state index in [4.69, 9.17) is 0 Å². The number of rotatable bonds is 0. The van der Waals surface area contributed by atoms with E-state index in [1.807, 2.05) is 32.1 Å². The van der Waals surface area contributed by atoms with Gasteiger partial charge in [-0.05, 0) is 37.1 Å². The number of aryl methyl sites for hydroxylation is 1. The maximum Gasteiger partial charge on any atom is 0.248 e. The Bertz CT molecular complexity index is 481. The number of aromatic amines is 1. The van der Waals surface area contributed by atoms with Gasteiger partial charge in [0.25, 0.3) is 0 Å². The van der Waals surface area contributed by atoms with Crippen LogP contribution in [0.2, 0.25) is 0 Å². The highest BCUT2D eigenvalue weighted by Gasteiger charge is 1.97. The molecule has 1 aliphatic rings. The molecule has 0 saturated carbocycles. The van der Waals surface area contributed by atoms with Crippen LogP contribution in [-0.2, 0) is 4.79 Å². The molecule has 0 radical (unpaired) electrons. The predicted molar refractivity (Wildman–Crippen MR) is 64.3 cm³/mol. The summed E-state index contributed by atoms with van der Waals surface area (Å²) in [4.78, 5) is 23.5. The number of hydrogen-bond donors (Lipinski definition) is 1. The molecule has 0 unspecified atom stereocenters. The van der Waals surface area contributed by atoms with Crippen LogP contribution in [0.5, 0.6) is 0 Å². The number of carbonyl (C=O) groups excluding carboxylic acids is 1. The van der Waals surface area contributed by atoms with Gasteiger partial charge < -0.3 is 4.98 Å². The fraction of sp³-hybridized carbons (Fsp3) is 0.231. The summed E-state index contributed by atoms with van der Waals surface area (Å²) >= 11 is 0. The molecule has 1 heterocycles. The Hall–Kier alpha value is -1.90. The molecule has 1 N–H and O–H groups in total. The minimum Gasteiger partial charge on any atom is -0.329 e. The Labute approximate surface area is 94.5 Å². The molecule has 1 aromatic heterocycles. The Morgan fingerprint density at radius 3 is 2.38 bits per heavy atom. The van der Waals surface area contributed by atoms with E-state index >= 15 is 0 Å². The first-order chi connectivity index (χ1) is 7.58. The Balaban J connectivity index is 0.000000160. The molecule has 16 heavy (non-hydrogen) atoms. The smallest absolute Gasteiger partial charge is 0.248 e. The van der Waals surface area contributed by atoms with Gasteiger partial charge in [0.2, 0.25) is 5.56 Å². The average Bonchev–Trinajstić information content (AvgIpc) is 2.17. The number of ketones is 1. The zero-order valence-corrected chi connectivity index (χ0v) is 9.49. The normalized spacial score (nSPS) is 13.9. The topological polar surface area (TPSA) is 49.9 Å². The van der Waals surface area contributed by atoms with Gasteiger partial charge in [-0.25, -0.2) is 0 Å². The molecular weight excluding hydrogens is 202 g/mol. The van der Waals surface area contributed by atoms with Crippen molar-refractivity contribution in [3.63, 3.8) is 0 Å². The zero-order valence-electron chi connectivity index (χ0n) is 9.49. The summed E-state index contributed by atoms with van der Waals surface area (Å²) in [6.45, 7) is 3.81. The highest BCUT2D eigenvalue weighted by Crippen LogP contribution is 2.04. The summed E-state index contributed by atoms with van der Waals surface area (Å²) in [5.41, 5.74) is 2.01. The van der Waals surface area contributed by atoms with Crippen LogP contribution in [-0.4, -0.2) is 10.8 Å².